The molecule has 0 aromatic heterocycles. The summed E-state index contributed by atoms with van der Waals surface area (Å²) in [5.74, 6) is 0.828. The van der Waals surface area contributed by atoms with Crippen LogP contribution in [-0.4, -0.2) is 36.1 Å². The number of alkyl halides is 3. The van der Waals surface area contributed by atoms with E-state index in [1.807, 2.05) is 12.1 Å². The Morgan fingerprint density at radius 2 is 1.64 bits per heavy atom. The molecule has 2 aromatic carbocycles. The fraction of sp³-hybridized carbons (Fsp3) is 0.375. The van der Waals surface area contributed by atoms with Crippen LogP contribution in [0.3, 0.4) is 0 Å². The van der Waals surface area contributed by atoms with Crippen LogP contribution >= 0.6 is 0 Å². The third-order valence-corrected chi connectivity index (χ3v) is 5.16. The lowest BCUT2D eigenvalue weighted by molar-refractivity contribution is -0.0517. The zero-order valence-electron chi connectivity index (χ0n) is 14.1. The third kappa shape index (κ3) is 5.26. The van der Waals surface area contributed by atoms with Crippen LogP contribution in [0.4, 0.5) is 13.2 Å². The smallest absolute Gasteiger partial charge is 0.485 e. The summed E-state index contributed by atoms with van der Waals surface area (Å²) >= 11 is 0. The molecule has 2 rings (SSSR count). The first-order valence-corrected chi connectivity index (χ1v) is 10.6. The third-order valence-electron chi connectivity index (χ3n) is 3.36. The average Bonchev–Trinajstić information content (AvgIpc) is 2.45. The molecule has 0 aliphatic carbocycles. The molecule has 0 spiro atoms. The summed E-state index contributed by atoms with van der Waals surface area (Å²) in [4.78, 5) is 1.33. The first-order valence-electron chi connectivity index (χ1n) is 7.11. The molecule has 0 aliphatic heterocycles. The number of fused-ring (bicyclic) bond motifs is 1. The zero-order chi connectivity index (χ0) is 19.6. The molecule has 25 heavy (non-hydrogen) atoms. The van der Waals surface area contributed by atoms with Gasteiger partial charge in [-0.3, -0.25) is 0 Å². The van der Waals surface area contributed by atoms with Gasteiger partial charge in [0.05, 0.1) is 0 Å². The van der Waals surface area contributed by atoms with Crippen molar-refractivity contribution in [1.82, 2.24) is 0 Å². The van der Waals surface area contributed by atoms with E-state index in [0.29, 0.717) is 11.7 Å². The van der Waals surface area contributed by atoms with Crippen molar-refractivity contribution in [3.63, 3.8) is 0 Å². The molecule has 4 nitrogen and oxygen atoms in total. The minimum absolute atomic E-state index is 0.206. The van der Waals surface area contributed by atoms with Gasteiger partial charge in [-0.05, 0) is 29.7 Å². The average molecular weight is 396 g/mol. The number of aromatic hydroxyl groups is 1. The Kier molecular flexibility index (Phi) is 6.77. The van der Waals surface area contributed by atoms with Crippen LogP contribution in [0.25, 0.3) is 10.8 Å². The van der Waals surface area contributed by atoms with E-state index < -0.39 is 15.6 Å². The molecule has 0 atom stereocenters. The van der Waals surface area contributed by atoms with Crippen molar-refractivity contribution in [3.05, 3.63) is 35.9 Å². The number of hydrogen-bond acceptors (Lipinski definition) is 4. The van der Waals surface area contributed by atoms with Gasteiger partial charge in [-0.2, -0.15) is 13.2 Å². The summed E-state index contributed by atoms with van der Waals surface area (Å²) in [6, 6.07) is 10.2. The number of rotatable bonds is 2. The number of phenolic OH excluding ortho intramolecular Hbond substituents is 1. The molecule has 0 heterocycles. The summed E-state index contributed by atoms with van der Waals surface area (Å²) in [5.41, 5.74) is -4.42. The van der Waals surface area contributed by atoms with Crippen LogP contribution in [-0.2, 0) is 21.0 Å². The van der Waals surface area contributed by atoms with Gasteiger partial charge in [-0.1, -0.05) is 26.0 Å². The Balaban J connectivity index is 0.000000333. The summed E-state index contributed by atoms with van der Waals surface area (Å²) in [5, 5.41) is 12.3. The van der Waals surface area contributed by atoms with E-state index in [1.54, 1.807) is 0 Å². The van der Waals surface area contributed by atoms with Crippen LogP contribution in [0.2, 0.25) is 0 Å². The van der Waals surface area contributed by atoms with Crippen molar-refractivity contribution in [2.45, 2.75) is 30.2 Å². The van der Waals surface area contributed by atoms with Gasteiger partial charge in [0.2, 0.25) is 0 Å². The molecule has 140 valence electrons. The standard InChI is InChI=1S/C15H18OS.CHF3O3S/c1-10(2)11-6-5-7-12-14(17(3)4)9-8-13(16)15(11)12;2-1(3,4)8(5,6)7/h5-10H,1-4H3;(H,5,6,7). The van der Waals surface area contributed by atoms with Crippen LogP contribution in [0, 0.1) is 0 Å². The molecule has 0 fully saturated rings. The maximum Gasteiger partial charge on any atom is 0.485 e. The quantitative estimate of drug-likeness (QED) is 0.474. The van der Waals surface area contributed by atoms with Gasteiger partial charge in [0, 0.05) is 21.7 Å². The Morgan fingerprint density at radius 3 is 2.04 bits per heavy atom. The van der Waals surface area contributed by atoms with Gasteiger partial charge in [-0.25, -0.2) is 8.42 Å². The topological polar surface area (TPSA) is 77.4 Å². The number of benzene rings is 2. The van der Waals surface area contributed by atoms with E-state index in [0.717, 1.165) is 5.39 Å². The first-order chi connectivity index (χ1) is 11.3. The second-order valence-corrected chi connectivity index (χ2v) is 9.17. The molecule has 0 amide bonds. The molecular formula is C16H19F3O4S2. The molecule has 2 aromatic rings. The lowest BCUT2D eigenvalue weighted by Crippen LogP contribution is -2.21. The molecule has 0 bridgehead atoms. The molecule has 1 N–H and O–H groups in total. The molecule has 0 unspecified atom stereocenters. The fourth-order valence-electron chi connectivity index (χ4n) is 2.23. The monoisotopic (exact) mass is 396 g/mol. The van der Waals surface area contributed by atoms with E-state index in [9.17, 15) is 18.3 Å². The molecule has 0 aliphatic rings. The Hall–Kier alpha value is -1.45. The highest BCUT2D eigenvalue weighted by atomic mass is 32.2. The molecule has 0 saturated heterocycles. The Morgan fingerprint density at radius 1 is 1.12 bits per heavy atom. The highest BCUT2D eigenvalue weighted by molar-refractivity contribution is 7.95. The number of phenols is 1. The Bertz CT molecular complexity index is 844. The minimum atomic E-state index is -6.09. The lowest BCUT2D eigenvalue weighted by Gasteiger charge is -2.12. The van der Waals surface area contributed by atoms with Gasteiger partial charge in [0.25, 0.3) is 0 Å². The van der Waals surface area contributed by atoms with E-state index in [1.165, 1.54) is 15.8 Å². The SMILES string of the molecule is CC(C)c1cccc2c([S+](C)C)ccc(O)c12.O=S(=O)([O-])C(F)(F)F. The highest BCUT2D eigenvalue weighted by Gasteiger charge is 2.36. The molecule has 0 radical (unpaired) electrons. The van der Waals surface area contributed by atoms with Crippen molar-refractivity contribution in [2.75, 3.05) is 12.5 Å². The van der Waals surface area contributed by atoms with E-state index >= 15 is 0 Å². The fourth-order valence-corrected chi connectivity index (χ4v) is 3.18. The predicted octanol–water partition coefficient (Wildman–Crippen LogP) is 3.96. The van der Waals surface area contributed by atoms with Crippen LogP contribution in [0.5, 0.6) is 5.75 Å². The zero-order valence-corrected chi connectivity index (χ0v) is 15.7. The van der Waals surface area contributed by atoms with Gasteiger partial charge in [-0.15, -0.1) is 0 Å². The number of halogens is 3. The molecule has 0 saturated carbocycles. The van der Waals surface area contributed by atoms with Gasteiger partial charge in [0.15, 0.2) is 15.0 Å². The van der Waals surface area contributed by atoms with Gasteiger partial charge in [0.1, 0.15) is 18.3 Å². The van der Waals surface area contributed by atoms with Crippen molar-refractivity contribution < 1.29 is 31.2 Å². The van der Waals surface area contributed by atoms with E-state index in [4.69, 9.17) is 13.0 Å². The minimum Gasteiger partial charge on any atom is -0.741 e. The van der Waals surface area contributed by atoms with Crippen molar-refractivity contribution >= 4 is 31.8 Å². The lowest BCUT2D eigenvalue weighted by atomic mass is 9.95. The largest absolute Gasteiger partial charge is 0.741 e. The maximum absolute atomic E-state index is 10.7. The molecular weight excluding hydrogens is 377 g/mol. The predicted molar refractivity (Wildman–Crippen MR) is 92.9 cm³/mol. The second-order valence-electron chi connectivity index (χ2n) is 5.72. The summed E-state index contributed by atoms with van der Waals surface area (Å²) < 4.78 is 58.9. The van der Waals surface area contributed by atoms with E-state index in [-0.39, 0.29) is 10.9 Å². The summed E-state index contributed by atoms with van der Waals surface area (Å²) in [6.45, 7) is 4.33. The van der Waals surface area contributed by atoms with E-state index in [2.05, 4.69) is 44.6 Å². The normalized spacial score (nSPS) is 12.4. The van der Waals surface area contributed by atoms with Crippen LogP contribution in [0.15, 0.2) is 35.2 Å². The van der Waals surface area contributed by atoms with Gasteiger partial charge >= 0.3 is 5.51 Å². The molecule has 9 heteroatoms. The summed E-state index contributed by atoms with van der Waals surface area (Å²) in [6.07, 6.45) is 4.43. The maximum atomic E-state index is 10.7. The van der Waals surface area contributed by atoms with Gasteiger partial charge < -0.3 is 9.66 Å². The Labute approximate surface area is 147 Å². The van der Waals surface area contributed by atoms with Crippen molar-refractivity contribution in [3.8, 4) is 5.75 Å². The summed E-state index contributed by atoms with van der Waals surface area (Å²) in [7, 11) is -5.88. The first kappa shape index (κ1) is 21.6. The van der Waals surface area contributed by atoms with Crippen LogP contribution in [0.1, 0.15) is 25.3 Å². The van der Waals surface area contributed by atoms with Crippen LogP contribution < -0.4 is 0 Å². The van der Waals surface area contributed by atoms with Crippen molar-refractivity contribution in [1.29, 1.82) is 0 Å². The highest BCUT2D eigenvalue weighted by Crippen LogP contribution is 2.35. The van der Waals surface area contributed by atoms with Crippen molar-refractivity contribution in [2.24, 2.45) is 0 Å². The second kappa shape index (κ2) is 7.84. The number of hydrogen-bond donors (Lipinski definition) is 1.